The fraction of sp³-hybridized carbons (Fsp3) is 0.375. The second-order valence-corrected chi connectivity index (χ2v) is 8.84. The van der Waals surface area contributed by atoms with E-state index in [0.717, 1.165) is 49.5 Å². The smallest absolute Gasteiger partial charge is 0.255 e. The Hall–Kier alpha value is -3.66. The molecule has 34 heavy (non-hydrogen) atoms. The van der Waals surface area contributed by atoms with Gasteiger partial charge in [0.25, 0.3) is 5.91 Å². The average molecular weight is 461 g/mol. The third-order valence-electron chi connectivity index (χ3n) is 6.75. The Morgan fingerprint density at radius 2 is 1.85 bits per heavy atom. The summed E-state index contributed by atoms with van der Waals surface area (Å²) in [6.07, 6.45) is 8.99. The highest BCUT2D eigenvalue weighted by Crippen LogP contribution is 2.38. The van der Waals surface area contributed by atoms with Gasteiger partial charge in [-0.15, -0.1) is 0 Å². The van der Waals surface area contributed by atoms with E-state index >= 15 is 0 Å². The Morgan fingerprint density at radius 1 is 1.03 bits per heavy atom. The van der Waals surface area contributed by atoms with Crippen LogP contribution >= 0.6 is 0 Å². The molecule has 1 aliphatic heterocycles. The van der Waals surface area contributed by atoms with Crippen LogP contribution in [0, 0.1) is 5.95 Å². The number of nitrogens with zero attached hydrogens (tertiary/aromatic N) is 6. The van der Waals surface area contributed by atoms with Gasteiger partial charge in [-0.3, -0.25) is 4.79 Å². The van der Waals surface area contributed by atoms with Gasteiger partial charge in [-0.25, -0.2) is 15.0 Å². The summed E-state index contributed by atoms with van der Waals surface area (Å²) in [6, 6.07) is 5.52. The molecule has 1 aliphatic carbocycles. The normalized spacial score (nSPS) is 17.0. The zero-order valence-corrected chi connectivity index (χ0v) is 18.7. The Bertz CT molecular complexity index is 1360. The average Bonchev–Trinajstić information content (AvgIpc) is 3.51. The summed E-state index contributed by atoms with van der Waals surface area (Å²) in [5.74, 6) is 0.405. The van der Waals surface area contributed by atoms with Crippen molar-refractivity contribution in [3.05, 3.63) is 48.3 Å². The van der Waals surface area contributed by atoms with E-state index in [4.69, 9.17) is 4.98 Å². The van der Waals surface area contributed by atoms with E-state index in [1.165, 1.54) is 6.20 Å². The SMILES string of the molecule is O=C(c1ccc(Nc2ncc3c4ccnc(F)c4n(C4CCCC4)c3n2)nc1)N1CCNCC1. The molecule has 0 bridgehead atoms. The Balaban J connectivity index is 1.31. The fourth-order valence-electron chi connectivity index (χ4n) is 5.06. The first-order valence-electron chi connectivity index (χ1n) is 11.7. The summed E-state index contributed by atoms with van der Waals surface area (Å²) in [5.41, 5.74) is 1.73. The largest absolute Gasteiger partial charge is 0.336 e. The molecule has 2 fully saturated rings. The van der Waals surface area contributed by atoms with Gasteiger partial charge in [-0.1, -0.05) is 12.8 Å². The van der Waals surface area contributed by atoms with Crippen LogP contribution in [0.25, 0.3) is 21.9 Å². The molecule has 1 amide bonds. The van der Waals surface area contributed by atoms with Gasteiger partial charge in [-0.05, 0) is 31.0 Å². The van der Waals surface area contributed by atoms with Gasteiger partial charge in [0.15, 0.2) is 0 Å². The molecule has 5 heterocycles. The lowest BCUT2D eigenvalue weighted by atomic mass is 10.2. The third kappa shape index (κ3) is 3.63. The van der Waals surface area contributed by atoms with Crippen molar-refractivity contribution in [1.29, 1.82) is 0 Å². The van der Waals surface area contributed by atoms with Crippen LogP contribution in [0.15, 0.2) is 36.8 Å². The molecule has 174 valence electrons. The first-order chi connectivity index (χ1) is 16.7. The van der Waals surface area contributed by atoms with Gasteiger partial charge in [0.1, 0.15) is 17.0 Å². The number of halogens is 1. The van der Waals surface area contributed by atoms with E-state index in [9.17, 15) is 9.18 Å². The van der Waals surface area contributed by atoms with Crippen molar-refractivity contribution in [2.45, 2.75) is 31.7 Å². The number of carbonyl (C=O) groups is 1. The maximum Gasteiger partial charge on any atom is 0.255 e. The molecule has 9 nitrogen and oxygen atoms in total. The summed E-state index contributed by atoms with van der Waals surface area (Å²) in [5, 5.41) is 7.95. The Kier molecular flexibility index (Phi) is 5.29. The van der Waals surface area contributed by atoms with E-state index in [0.29, 0.717) is 41.6 Å². The number of nitrogens with one attached hydrogen (secondary N) is 2. The number of aromatic nitrogens is 5. The second kappa shape index (κ2) is 8.60. The Morgan fingerprint density at radius 3 is 2.62 bits per heavy atom. The van der Waals surface area contributed by atoms with Crippen LogP contribution in [0.1, 0.15) is 42.1 Å². The molecule has 4 aromatic heterocycles. The molecular formula is C24H25FN8O. The van der Waals surface area contributed by atoms with E-state index in [-0.39, 0.29) is 11.9 Å². The highest BCUT2D eigenvalue weighted by molar-refractivity contribution is 6.06. The first-order valence-corrected chi connectivity index (χ1v) is 11.7. The fourth-order valence-corrected chi connectivity index (χ4v) is 5.06. The standard InChI is InChI=1S/C24H25FN8O/c25-21-20-17(7-8-27-21)18-14-29-24(31-22(18)33(20)16-3-1-2-4-16)30-19-6-5-15(13-28-19)23(34)32-11-9-26-10-12-32/h5-8,13-14,16,26H,1-4,9-12H2,(H,28,29,30,31). The second-order valence-electron chi connectivity index (χ2n) is 8.84. The molecule has 0 radical (unpaired) electrons. The van der Waals surface area contributed by atoms with Gasteiger partial charge < -0.3 is 20.1 Å². The molecule has 2 N–H and O–H groups in total. The molecule has 0 unspecified atom stereocenters. The number of amides is 1. The third-order valence-corrected chi connectivity index (χ3v) is 6.75. The number of pyridine rings is 2. The van der Waals surface area contributed by atoms with Gasteiger partial charge in [0, 0.05) is 61.6 Å². The van der Waals surface area contributed by atoms with Crippen molar-refractivity contribution in [3.8, 4) is 0 Å². The maximum atomic E-state index is 14.8. The molecule has 0 aromatic carbocycles. The lowest BCUT2D eigenvalue weighted by Gasteiger charge is -2.27. The summed E-state index contributed by atoms with van der Waals surface area (Å²) in [7, 11) is 0. The highest BCUT2D eigenvalue weighted by atomic mass is 19.1. The number of piperazine rings is 1. The summed E-state index contributed by atoms with van der Waals surface area (Å²) in [4.78, 5) is 32.0. The molecule has 4 aromatic rings. The minimum Gasteiger partial charge on any atom is -0.336 e. The van der Waals surface area contributed by atoms with Gasteiger partial charge in [-0.2, -0.15) is 9.37 Å². The number of rotatable bonds is 4. The molecular weight excluding hydrogens is 435 g/mol. The van der Waals surface area contributed by atoms with Crippen molar-refractivity contribution < 1.29 is 9.18 Å². The zero-order valence-electron chi connectivity index (χ0n) is 18.7. The van der Waals surface area contributed by atoms with E-state index in [2.05, 4.69) is 25.6 Å². The summed E-state index contributed by atoms with van der Waals surface area (Å²) < 4.78 is 16.8. The molecule has 6 rings (SSSR count). The zero-order chi connectivity index (χ0) is 23.1. The molecule has 2 aliphatic rings. The number of anilines is 2. The van der Waals surface area contributed by atoms with Crippen molar-refractivity contribution in [2.24, 2.45) is 0 Å². The van der Waals surface area contributed by atoms with Crippen molar-refractivity contribution in [2.75, 3.05) is 31.5 Å². The van der Waals surface area contributed by atoms with Crippen molar-refractivity contribution >= 4 is 39.6 Å². The van der Waals surface area contributed by atoms with Crippen LogP contribution in [-0.4, -0.2) is 61.5 Å². The van der Waals surface area contributed by atoms with Gasteiger partial charge in [0.2, 0.25) is 11.9 Å². The molecule has 0 spiro atoms. The number of fused-ring (bicyclic) bond motifs is 3. The van der Waals surface area contributed by atoms with Crippen LogP contribution in [0.3, 0.4) is 0 Å². The van der Waals surface area contributed by atoms with Crippen LogP contribution < -0.4 is 10.6 Å². The number of hydrogen-bond acceptors (Lipinski definition) is 7. The minimum absolute atomic E-state index is 0.0186. The van der Waals surface area contributed by atoms with E-state index in [1.54, 1.807) is 24.5 Å². The van der Waals surface area contributed by atoms with E-state index in [1.807, 2.05) is 15.5 Å². The van der Waals surface area contributed by atoms with Crippen LogP contribution in [0.5, 0.6) is 0 Å². The van der Waals surface area contributed by atoms with Crippen LogP contribution in [-0.2, 0) is 0 Å². The molecule has 1 saturated carbocycles. The summed E-state index contributed by atoms with van der Waals surface area (Å²) >= 11 is 0. The number of hydrogen-bond donors (Lipinski definition) is 2. The predicted octanol–water partition coefficient (Wildman–Crippen LogP) is 3.42. The lowest BCUT2D eigenvalue weighted by Crippen LogP contribution is -2.46. The Labute approximate surface area is 195 Å². The molecule has 1 saturated heterocycles. The monoisotopic (exact) mass is 460 g/mol. The van der Waals surface area contributed by atoms with Gasteiger partial charge >= 0.3 is 0 Å². The first kappa shape index (κ1) is 20.9. The minimum atomic E-state index is -0.483. The van der Waals surface area contributed by atoms with Crippen LogP contribution in [0.2, 0.25) is 0 Å². The topological polar surface area (TPSA) is 101 Å². The maximum absolute atomic E-state index is 14.8. The van der Waals surface area contributed by atoms with Crippen LogP contribution in [0.4, 0.5) is 16.2 Å². The van der Waals surface area contributed by atoms with Crippen molar-refractivity contribution in [3.63, 3.8) is 0 Å². The summed E-state index contributed by atoms with van der Waals surface area (Å²) in [6.45, 7) is 2.99. The molecule has 0 atom stereocenters. The highest BCUT2D eigenvalue weighted by Gasteiger charge is 2.25. The quantitative estimate of drug-likeness (QED) is 0.450. The van der Waals surface area contributed by atoms with E-state index < -0.39 is 5.95 Å². The lowest BCUT2D eigenvalue weighted by molar-refractivity contribution is 0.0735. The number of carbonyl (C=O) groups excluding carboxylic acids is 1. The molecule has 10 heteroatoms. The van der Waals surface area contributed by atoms with Crippen molar-refractivity contribution in [1.82, 2.24) is 34.7 Å². The van der Waals surface area contributed by atoms with Gasteiger partial charge in [0.05, 0.1) is 5.56 Å². The predicted molar refractivity (Wildman–Crippen MR) is 127 cm³/mol.